The van der Waals surface area contributed by atoms with Gasteiger partial charge in [-0.2, -0.15) is 0 Å². The van der Waals surface area contributed by atoms with Gasteiger partial charge in [-0.1, -0.05) is 6.92 Å². The molecular formula is C17H23N5O3. The van der Waals surface area contributed by atoms with Crippen LogP contribution < -0.4 is 16.0 Å². The minimum absolute atomic E-state index is 0.0849. The quantitative estimate of drug-likeness (QED) is 0.743. The number of amides is 3. The Labute approximate surface area is 146 Å². The van der Waals surface area contributed by atoms with Gasteiger partial charge in [0.15, 0.2) is 0 Å². The molecule has 8 heteroatoms. The summed E-state index contributed by atoms with van der Waals surface area (Å²) in [7, 11) is 5.00. The minimum Gasteiger partial charge on any atom is -0.354 e. The van der Waals surface area contributed by atoms with Crippen molar-refractivity contribution in [2.75, 3.05) is 17.7 Å². The second kappa shape index (κ2) is 7.69. The Morgan fingerprint density at radius 1 is 0.920 bits per heavy atom. The van der Waals surface area contributed by atoms with Gasteiger partial charge in [-0.05, 0) is 18.6 Å². The molecule has 2 rings (SSSR count). The minimum atomic E-state index is -0.326. The van der Waals surface area contributed by atoms with Crippen molar-refractivity contribution in [3.63, 3.8) is 0 Å². The maximum atomic E-state index is 12.5. The molecule has 25 heavy (non-hydrogen) atoms. The second-order valence-electron chi connectivity index (χ2n) is 5.78. The highest BCUT2D eigenvalue weighted by molar-refractivity contribution is 6.05. The van der Waals surface area contributed by atoms with Gasteiger partial charge in [-0.15, -0.1) is 0 Å². The number of aromatic nitrogens is 2. The van der Waals surface area contributed by atoms with Crippen molar-refractivity contribution < 1.29 is 14.4 Å². The van der Waals surface area contributed by atoms with Crippen LogP contribution in [0.2, 0.25) is 0 Å². The zero-order chi connectivity index (χ0) is 18.6. The first kappa shape index (κ1) is 18.3. The largest absolute Gasteiger partial charge is 0.354 e. The van der Waals surface area contributed by atoms with Crippen LogP contribution in [0.15, 0.2) is 24.5 Å². The maximum absolute atomic E-state index is 12.5. The van der Waals surface area contributed by atoms with Crippen molar-refractivity contribution in [2.45, 2.75) is 19.8 Å². The van der Waals surface area contributed by atoms with E-state index in [1.165, 1.54) is 0 Å². The Hall–Kier alpha value is -3.03. The monoisotopic (exact) mass is 345 g/mol. The van der Waals surface area contributed by atoms with Crippen molar-refractivity contribution in [3.8, 4) is 0 Å². The summed E-state index contributed by atoms with van der Waals surface area (Å²) in [6.45, 7) is 1.93. The molecule has 3 amide bonds. The molecule has 0 fully saturated rings. The van der Waals surface area contributed by atoms with Gasteiger partial charge in [0.1, 0.15) is 11.4 Å². The van der Waals surface area contributed by atoms with E-state index >= 15 is 0 Å². The maximum Gasteiger partial charge on any atom is 0.272 e. The summed E-state index contributed by atoms with van der Waals surface area (Å²) in [5.74, 6) is -0.645. The normalized spacial score (nSPS) is 10.4. The molecule has 0 unspecified atom stereocenters. The summed E-state index contributed by atoms with van der Waals surface area (Å²) >= 11 is 0. The molecule has 134 valence electrons. The van der Waals surface area contributed by atoms with E-state index in [0.29, 0.717) is 29.2 Å². The van der Waals surface area contributed by atoms with Crippen molar-refractivity contribution in [1.29, 1.82) is 0 Å². The third kappa shape index (κ3) is 4.28. The first-order valence-corrected chi connectivity index (χ1v) is 8.01. The fourth-order valence-corrected chi connectivity index (χ4v) is 2.49. The molecule has 0 radical (unpaired) electrons. The van der Waals surface area contributed by atoms with Crippen molar-refractivity contribution in [2.24, 2.45) is 14.1 Å². The molecule has 2 aromatic heterocycles. The number of aryl methyl sites for hydroxylation is 2. The molecule has 2 aromatic rings. The summed E-state index contributed by atoms with van der Waals surface area (Å²) in [6.07, 6.45) is 4.54. The molecule has 0 aliphatic rings. The Morgan fingerprint density at radius 3 is 1.96 bits per heavy atom. The fourth-order valence-electron chi connectivity index (χ4n) is 2.49. The lowest BCUT2D eigenvalue weighted by molar-refractivity contribution is -0.116. The third-order valence-electron chi connectivity index (χ3n) is 3.72. The van der Waals surface area contributed by atoms with Crippen LogP contribution in [0.4, 0.5) is 11.4 Å². The first-order valence-electron chi connectivity index (χ1n) is 8.01. The molecule has 0 aliphatic carbocycles. The zero-order valence-corrected chi connectivity index (χ0v) is 14.8. The topological polar surface area (TPSA) is 97.2 Å². The molecule has 0 aromatic carbocycles. The van der Waals surface area contributed by atoms with Crippen molar-refractivity contribution in [1.82, 2.24) is 14.5 Å². The van der Waals surface area contributed by atoms with Gasteiger partial charge in [0, 0.05) is 40.0 Å². The number of hydrogen-bond donors (Lipinski definition) is 3. The van der Waals surface area contributed by atoms with E-state index < -0.39 is 0 Å². The predicted octanol–water partition coefficient (Wildman–Crippen LogP) is 1.71. The Balaban J connectivity index is 2.12. The van der Waals surface area contributed by atoms with Gasteiger partial charge < -0.3 is 25.1 Å². The summed E-state index contributed by atoms with van der Waals surface area (Å²) in [4.78, 5) is 35.9. The van der Waals surface area contributed by atoms with Crippen molar-refractivity contribution >= 4 is 29.1 Å². The SMILES string of the molecule is CCCC(=O)Nc1cc(C(=O)Nc2cc(C(=O)NC)n(C)c2)n(C)c1. The van der Waals surface area contributed by atoms with Gasteiger partial charge in [0.2, 0.25) is 5.91 Å². The Morgan fingerprint density at radius 2 is 1.44 bits per heavy atom. The average Bonchev–Trinajstić information content (AvgIpc) is 3.09. The van der Waals surface area contributed by atoms with Crippen LogP contribution in [0.1, 0.15) is 40.7 Å². The highest BCUT2D eigenvalue weighted by Crippen LogP contribution is 2.17. The Kier molecular flexibility index (Phi) is 5.63. The first-order chi connectivity index (χ1) is 11.8. The second-order valence-corrected chi connectivity index (χ2v) is 5.78. The lowest BCUT2D eigenvalue weighted by atomic mass is 10.3. The van der Waals surface area contributed by atoms with E-state index in [0.717, 1.165) is 6.42 Å². The van der Waals surface area contributed by atoms with Crippen LogP contribution in [0.5, 0.6) is 0 Å². The van der Waals surface area contributed by atoms with Gasteiger partial charge in [-0.3, -0.25) is 14.4 Å². The van der Waals surface area contributed by atoms with Crippen LogP contribution in [-0.2, 0) is 18.9 Å². The lowest BCUT2D eigenvalue weighted by Crippen LogP contribution is -2.20. The molecule has 0 bridgehead atoms. The molecule has 0 atom stereocenters. The van der Waals surface area contributed by atoms with Crippen LogP contribution in [0.25, 0.3) is 0 Å². The van der Waals surface area contributed by atoms with E-state index in [2.05, 4.69) is 16.0 Å². The van der Waals surface area contributed by atoms with Crippen LogP contribution >= 0.6 is 0 Å². The van der Waals surface area contributed by atoms with Crippen LogP contribution in [0, 0.1) is 0 Å². The zero-order valence-electron chi connectivity index (χ0n) is 14.8. The molecule has 2 heterocycles. The van der Waals surface area contributed by atoms with Crippen LogP contribution in [0.3, 0.4) is 0 Å². The van der Waals surface area contributed by atoms with Gasteiger partial charge >= 0.3 is 0 Å². The fraction of sp³-hybridized carbons (Fsp3) is 0.353. The number of carbonyl (C=O) groups is 3. The number of hydrogen-bond acceptors (Lipinski definition) is 3. The molecule has 0 aliphatic heterocycles. The summed E-state index contributed by atoms with van der Waals surface area (Å²) in [6, 6.07) is 3.22. The number of nitrogens with one attached hydrogen (secondary N) is 3. The summed E-state index contributed by atoms with van der Waals surface area (Å²) in [5, 5.41) is 8.06. The number of rotatable bonds is 6. The molecule has 0 saturated carbocycles. The van der Waals surface area contributed by atoms with Gasteiger partial charge in [0.25, 0.3) is 11.8 Å². The average molecular weight is 345 g/mol. The molecule has 0 saturated heterocycles. The highest BCUT2D eigenvalue weighted by atomic mass is 16.2. The van der Waals surface area contributed by atoms with E-state index in [1.807, 2.05) is 6.92 Å². The van der Waals surface area contributed by atoms with E-state index in [4.69, 9.17) is 0 Å². The molecular weight excluding hydrogens is 322 g/mol. The highest BCUT2D eigenvalue weighted by Gasteiger charge is 2.16. The molecule has 8 nitrogen and oxygen atoms in total. The van der Waals surface area contributed by atoms with E-state index in [9.17, 15) is 14.4 Å². The van der Waals surface area contributed by atoms with Gasteiger partial charge in [0.05, 0.1) is 11.4 Å². The molecule has 0 spiro atoms. The predicted molar refractivity (Wildman–Crippen MR) is 95.7 cm³/mol. The molecule has 3 N–H and O–H groups in total. The number of nitrogens with zero attached hydrogens (tertiary/aromatic N) is 2. The number of carbonyl (C=O) groups excluding carboxylic acids is 3. The standard InChI is InChI=1S/C17H23N5O3/c1-5-6-15(23)19-11-7-14(22(4)9-11)17(25)20-12-8-13(16(24)18-2)21(3)10-12/h7-10H,5-6H2,1-4H3,(H,18,24)(H,19,23)(H,20,25). The number of anilines is 2. The van der Waals surface area contributed by atoms with Crippen LogP contribution in [-0.4, -0.2) is 33.9 Å². The summed E-state index contributed by atoms with van der Waals surface area (Å²) < 4.78 is 3.27. The van der Waals surface area contributed by atoms with E-state index in [1.54, 1.807) is 54.8 Å². The van der Waals surface area contributed by atoms with Crippen molar-refractivity contribution in [3.05, 3.63) is 35.9 Å². The van der Waals surface area contributed by atoms with Gasteiger partial charge in [-0.25, -0.2) is 0 Å². The van der Waals surface area contributed by atoms with E-state index in [-0.39, 0.29) is 17.7 Å². The Bertz CT molecular complexity index is 803. The lowest BCUT2D eigenvalue weighted by Gasteiger charge is -2.03. The summed E-state index contributed by atoms with van der Waals surface area (Å²) in [5.41, 5.74) is 1.93. The smallest absolute Gasteiger partial charge is 0.272 e. The third-order valence-corrected chi connectivity index (χ3v) is 3.72.